The first-order valence-electron chi connectivity index (χ1n) is 9.37. The first-order valence-corrected chi connectivity index (χ1v) is 11.2. The fourth-order valence-electron chi connectivity index (χ4n) is 4.37. The van der Waals surface area contributed by atoms with Gasteiger partial charge < -0.3 is 19.9 Å². The van der Waals surface area contributed by atoms with Gasteiger partial charge in [0.1, 0.15) is 6.20 Å². The number of carbonyl (C=O) groups is 2. The number of aromatic nitrogens is 2. The molecule has 1 N–H and O–H groups in total. The number of aryl methyl sites for hydroxylation is 1. The standard InChI is InChI=1S/C19H23N3O4S2/c1-5-6-27-17-18-21(8-20(17)4)7-11(28-18)12-9(2)14-13(10(3)23)16(24)22(14)15(12)19(25)26/h7-10,13-14,23H,5-6H2,1-4H3/t9-,10+,13+,14+/m0/s1. The van der Waals surface area contributed by atoms with Crippen molar-refractivity contribution in [2.45, 2.75) is 44.4 Å². The van der Waals surface area contributed by atoms with Crippen LogP contribution in [0, 0.1) is 11.8 Å². The number of fused-ring (bicyclic) bond motifs is 2. The topological polar surface area (TPSA) is 89.7 Å². The van der Waals surface area contributed by atoms with E-state index < -0.39 is 18.0 Å². The Morgan fingerprint density at radius 2 is 2.21 bits per heavy atom. The molecule has 0 unspecified atom stereocenters. The van der Waals surface area contributed by atoms with Crippen LogP contribution in [0.3, 0.4) is 0 Å². The fourth-order valence-corrected chi connectivity index (χ4v) is 6.75. The summed E-state index contributed by atoms with van der Waals surface area (Å²) in [6.07, 6.45) is 4.16. The SMILES string of the molecule is CCCSc1c2sc(C3=C(C(=O)[O-])N4C(=O)[C@H]([C@@H](C)O)[C@H]4[C@H]3C)c[n+]2cn1C. The number of aliphatic hydroxyl groups excluding tert-OH is 1. The Labute approximate surface area is 171 Å². The lowest BCUT2D eigenvalue weighted by molar-refractivity contribution is -0.508. The molecule has 4 atom stereocenters. The maximum absolute atomic E-state index is 12.5. The molecular formula is C19H23N3O4S2. The van der Waals surface area contributed by atoms with E-state index in [1.54, 1.807) is 18.7 Å². The van der Waals surface area contributed by atoms with Crippen molar-refractivity contribution >= 4 is 45.4 Å². The minimum absolute atomic E-state index is 0.0453. The van der Waals surface area contributed by atoms with Crippen LogP contribution >= 0.6 is 23.1 Å². The van der Waals surface area contributed by atoms with Crippen LogP contribution in [0.15, 0.2) is 23.2 Å². The second-order valence-electron chi connectivity index (χ2n) is 7.49. The molecule has 1 fully saturated rings. The van der Waals surface area contributed by atoms with Gasteiger partial charge in [0, 0.05) is 17.2 Å². The van der Waals surface area contributed by atoms with Crippen molar-refractivity contribution in [2.24, 2.45) is 18.9 Å². The van der Waals surface area contributed by atoms with Crippen molar-refractivity contribution in [3.63, 3.8) is 0 Å². The van der Waals surface area contributed by atoms with Gasteiger partial charge >= 0.3 is 0 Å². The molecule has 2 aliphatic heterocycles. The Kier molecular flexibility index (Phi) is 4.79. The highest BCUT2D eigenvalue weighted by Gasteiger charge is 2.59. The van der Waals surface area contributed by atoms with Crippen LogP contribution in [-0.2, 0) is 16.6 Å². The van der Waals surface area contributed by atoms with Crippen molar-refractivity contribution < 1.29 is 24.2 Å². The maximum Gasteiger partial charge on any atom is 0.250 e. The van der Waals surface area contributed by atoms with Crippen LogP contribution in [0.25, 0.3) is 10.4 Å². The van der Waals surface area contributed by atoms with Gasteiger partial charge in [-0.2, -0.15) is 4.40 Å². The normalized spacial score (nSPS) is 25.4. The van der Waals surface area contributed by atoms with Gasteiger partial charge in [0.2, 0.25) is 22.1 Å². The first-order chi connectivity index (χ1) is 13.3. The molecular weight excluding hydrogens is 398 g/mol. The van der Waals surface area contributed by atoms with Gasteiger partial charge in [-0.25, -0.2) is 4.57 Å². The summed E-state index contributed by atoms with van der Waals surface area (Å²) >= 11 is 3.31. The average molecular weight is 422 g/mol. The van der Waals surface area contributed by atoms with Gasteiger partial charge in [-0.15, -0.1) is 0 Å². The van der Waals surface area contributed by atoms with Crippen LogP contribution in [0.1, 0.15) is 32.1 Å². The number of hydrogen-bond donors (Lipinski definition) is 1. The highest BCUT2D eigenvalue weighted by molar-refractivity contribution is 7.99. The number of rotatable bonds is 6. The third kappa shape index (κ3) is 2.63. The molecule has 2 aliphatic rings. The van der Waals surface area contributed by atoms with Crippen LogP contribution in [0.5, 0.6) is 0 Å². The smallest absolute Gasteiger partial charge is 0.250 e. The summed E-state index contributed by atoms with van der Waals surface area (Å²) in [5.41, 5.74) is 0.584. The van der Waals surface area contributed by atoms with E-state index in [1.807, 2.05) is 30.9 Å². The number of thiazole rings is 1. The maximum atomic E-state index is 12.5. The van der Waals surface area contributed by atoms with E-state index in [4.69, 9.17) is 0 Å². The van der Waals surface area contributed by atoms with E-state index in [9.17, 15) is 19.8 Å². The van der Waals surface area contributed by atoms with Gasteiger partial charge in [-0.3, -0.25) is 4.79 Å². The highest BCUT2D eigenvalue weighted by atomic mass is 32.2. The number of imidazole rings is 1. The van der Waals surface area contributed by atoms with Crippen molar-refractivity contribution in [3.8, 4) is 0 Å². The Morgan fingerprint density at radius 1 is 1.50 bits per heavy atom. The zero-order valence-electron chi connectivity index (χ0n) is 16.2. The Balaban J connectivity index is 1.80. The van der Waals surface area contributed by atoms with Crippen molar-refractivity contribution in [1.29, 1.82) is 0 Å². The summed E-state index contributed by atoms with van der Waals surface area (Å²) in [7, 11) is 2.00. The Bertz CT molecular complexity index is 1010. The van der Waals surface area contributed by atoms with Crippen LogP contribution in [0.2, 0.25) is 0 Å². The summed E-state index contributed by atoms with van der Waals surface area (Å²) in [5, 5.41) is 23.0. The number of nitrogens with zero attached hydrogens (tertiary/aromatic N) is 3. The molecule has 150 valence electrons. The molecule has 0 saturated carbocycles. The molecule has 28 heavy (non-hydrogen) atoms. The molecule has 4 rings (SSSR count). The minimum atomic E-state index is -1.34. The largest absolute Gasteiger partial charge is 0.543 e. The molecule has 4 heterocycles. The van der Waals surface area contributed by atoms with Gasteiger partial charge in [-0.1, -0.05) is 36.9 Å². The third-order valence-electron chi connectivity index (χ3n) is 5.57. The summed E-state index contributed by atoms with van der Waals surface area (Å²) in [4.78, 5) is 27.6. The number of hydrogen-bond acceptors (Lipinski definition) is 6. The number of aliphatic hydroxyl groups is 1. The molecule has 0 aliphatic carbocycles. The fraction of sp³-hybridized carbons (Fsp3) is 0.526. The van der Waals surface area contributed by atoms with Crippen LogP contribution < -0.4 is 9.51 Å². The molecule has 0 spiro atoms. The summed E-state index contributed by atoms with van der Waals surface area (Å²) in [6, 6.07) is -0.332. The van der Waals surface area contributed by atoms with Crippen LogP contribution in [0.4, 0.5) is 0 Å². The number of thioether (sulfide) groups is 1. The van der Waals surface area contributed by atoms with Gasteiger partial charge in [-0.05, 0) is 13.3 Å². The van der Waals surface area contributed by atoms with E-state index in [0.717, 1.165) is 26.9 Å². The monoisotopic (exact) mass is 421 g/mol. The van der Waals surface area contributed by atoms with Gasteiger partial charge in [0.05, 0.1) is 41.7 Å². The molecule has 1 saturated heterocycles. The summed E-state index contributed by atoms with van der Waals surface area (Å²) in [5.74, 6) is -1.43. The highest BCUT2D eigenvalue weighted by Crippen LogP contribution is 2.51. The lowest BCUT2D eigenvalue weighted by Gasteiger charge is -2.47. The van der Waals surface area contributed by atoms with Crippen LogP contribution in [-0.4, -0.2) is 44.3 Å². The number of carbonyl (C=O) groups excluding carboxylic acids is 2. The van der Waals surface area contributed by atoms with Gasteiger partial charge in [0.25, 0.3) is 0 Å². The van der Waals surface area contributed by atoms with E-state index in [2.05, 4.69) is 11.5 Å². The summed E-state index contributed by atoms with van der Waals surface area (Å²) < 4.78 is 4.08. The van der Waals surface area contributed by atoms with Crippen molar-refractivity contribution in [2.75, 3.05) is 5.75 Å². The lowest BCUT2D eigenvalue weighted by Crippen LogP contribution is -2.64. The zero-order chi connectivity index (χ0) is 20.3. The lowest BCUT2D eigenvalue weighted by atomic mass is 9.77. The predicted molar refractivity (Wildman–Crippen MR) is 104 cm³/mol. The van der Waals surface area contributed by atoms with E-state index in [1.165, 1.54) is 16.2 Å². The molecule has 1 amide bonds. The number of carboxylic acids is 1. The van der Waals surface area contributed by atoms with Crippen molar-refractivity contribution in [3.05, 3.63) is 23.1 Å². The molecule has 7 nitrogen and oxygen atoms in total. The second-order valence-corrected chi connectivity index (χ2v) is 9.61. The third-order valence-corrected chi connectivity index (χ3v) is 8.21. The van der Waals surface area contributed by atoms with E-state index >= 15 is 0 Å². The molecule has 2 aromatic heterocycles. The average Bonchev–Trinajstić information content (AvgIpc) is 3.20. The second kappa shape index (κ2) is 6.89. The number of aliphatic carboxylic acids is 1. The quantitative estimate of drug-likeness (QED) is 0.420. The number of β-lactam (4-membered cyclic amide) rings is 1. The Hall–Kier alpha value is -1.84. The molecule has 0 bridgehead atoms. The zero-order valence-corrected chi connectivity index (χ0v) is 17.8. The molecule has 0 aromatic carbocycles. The predicted octanol–water partition coefficient (Wildman–Crippen LogP) is 0.646. The Morgan fingerprint density at radius 3 is 2.82 bits per heavy atom. The minimum Gasteiger partial charge on any atom is -0.543 e. The molecule has 2 aromatic rings. The van der Waals surface area contributed by atoms with Crippen molar-refractivity contribution in [1.82, 2.24) is 9.47 Å². The number of carboxylic acid groups (broad SMARTS) is 1. The molecule has 0 radical (unpaired) electrons. The summed E-state index contributed by atoms with van der Waals surface area (Å²) in [6.45, 7) is 5.64. The van der Waals surface area contributed by atoms with Gasteiger partial charge in [0.15, 0.2) is 0 Å². The van der Waals surface area contributed by atoms with E-state index in [-0.39, 0.29) is 23.6 Å². The number of amides is 1. The van der Waals surface area contributed by atoms with E-state index in [0.29, 0.717) is 5.57 Å². The molecule has 9 heteroatoms. The first kappa shape index (κ1) is 19.5.